The van der Waals surface area contributed by atoms with Gasteiger partial charge in [0, 0.05) is 29.7 Å². The van der Waals surface area contributed by atoms with Gasteiger partial charge in [0.15, 0.2) is 0 Å². The summed E-state index contributed by atoms with van der Waals surface area (Å²) in [5.74, 6) is 1.43. The van der Waals surface area contributed by atoms with Crippen molar-refractivity contribution in [3.63, 3.8) is 0 Å². The van der Waals surface area contributed by atoms with E-state index < -0.39 is 10.0 Å². The minimum atomic E-state index is -3.84. The summed E-state index contributed by atoms with van der Waals surface area (Å²) in [6, 6.07) is 13.5. The Labute approximate surface area is 244 Å². The summed E-state index contributed by atoms with van der Waals surface area (Å²) >= 11 is 0. The summed E-state index contributed by atoms with van der Waals surface area (Å²) in [6.45, 7) is 6.22. The third kappa shape index (κ3) is 5.40. The molecule has 2 bridgehead atoms. The molecule has 42 heavy (non-hydrogen) atoms. The van der Waals surface area contributed by atoms with E-state index in [1.54, 1.807) is 7.11 Å². The van der Waals surface area contributed by atoms with Gasteiger partial charge in [-0.25, -0.2) is 18.2 Å². The second-order valence-electron chi connectivity index (χ2n) is 10.9. The van der Waals surface area contributed by atoms with Gasteiger partial charge in [0.25, 0.3) is 5.91 Å². The van der Waals surface area contributed by atoms with Crippen molar-refractivity contribution in [1.29, 1.82) is 0 Å². The summed E-state index contributed by atoms with van der Waals surface area (Å²) in [4.78, 5) is 19.8. The fourth-order valence-corrected chi connectivity index (χ4v) is 6.88. The average Bonchev–Trinajstić information content (AvgIpc) is 3.48. The van der Waals surface area contributed by atoms with Crippen LogP contribution in [0.4, 0.5) is 0 Å². The van der Waals surface area contributed by atoms with Crippen LogP contribution in [-0.4, -0.2) is 65.4 Å². The van der Waals surface area contributed by atoms with Crippen LogP contribution in [0.3, 0.4) is 0 Å². The number of amides is 1. The molecule has 2 aromatic carbocycles. The molecule has 3 aliphatic heterocycles. The number of methoxy groups -OCH3 is 1. The molecule has 7 rings (SSSR count). The number of nitrogens with two attached hydrogens (primary N) is 1. The van der Waals surface area contributed by atoms with Crippen molar-refractivity contribution in [3.8, 4) is 5.75 Å². The molecular formula is C30H33N7O4S. The number of carbonyl (C=O) groups excluding carboxylic acids is 1. The van der Waals surface area contributed by atoms with Gasteiger partial charge in [-0.15, -0.1) is 11.7 Å². The maximum Gasteiger partial charge on any atom is 0.251 e. The standard InChI is InChI=1S/C30H33N7O4S/c1-3-19-17-36-13-11-21(19)14-28(36)29(25-10-12-32-27-9-6-23(41-2)15-26(25)27)37-18-22(34-35-37)16-33-30(38)20-4-7-24(8-5-20)42(31,39)40/h3-10,12,15,18-19,21,28-29H,1,11,13-14,16-17H2,2H3,(H,33,38)(H2,31,39,40)/t19?,21?,28-,29-/m1/s1. The van der Waals surface area contributed by atoms with Crippen molar-refractivity contribution in [2.75, 3.05) is 20.2 Å². The molecule has 4 aromatic rings. The van der Waals surface area contributed by atoms with E-state index in [1.807, 2.05) is 35.3 Å². The molecule has 1 amide bonds. The fraction of sp³-hybridized carbons (Fsp3) is 0.333. The number of nitrogens with zero attached hydrogens (tertiary/aromatic N) is 5. The van der Waals surface area contributed by atoms with Crippen molar-refractivity contribution < 1.29 is 17.9 Å². The largest absolute Gasteiger partial charge is 0.497 e. The Balaban J connectivity index is 1.30. The molecule has 218 valence electrons. The van der Waals surface area contributed by atoms with Gasteiger partial charge < -0.3 is 10.1 Å². The zero-order chi connectivity index (χ0) is 29.4. The molecule has 5 atom stereocenters. The highest BCUT2D eigenvalue weighted by Gasteiger charge is 2.44. The highest BCUT2D eigenvalue weighted by atomic mass is 32.2. The van der Waals surface area contributed by atoms with Gasteiger partial charge in [-0.1, -0.05) is 11.3 Å². The predicted molar refractivity (Wildman–Crippen MR) is 157 cm³/mol. The summed E-state index contributed by atoms with van der Waals surface area (Å²) in [6.07, 6.45) is 7.97. The molecule has 3 aliphatic rings. The molecule has 3 fully saturated rings. The highest BCUT2D eigenvalue weighted by Crippen LogP contribution is 2.43. The number of hydrogen-bond acceptors (Lipinski definition) is 8. The molecule has 2 aromatic heterocycles. The van der Waals surface area contributed by atoms with Crippen LogP contribution in [0.15, 0.2) is 78.5 Å². The zero-order valence-corrected chi connectivity index (χ0v) is 24.1. The van der Waals surface area contributed by atoms with E-state index in [2.05, 4.69) is 44.2 Å². The average molecular weight is 588 g/mol. The number of fused-ring (bicyclic) bond motifs is 4. The molecule has 3 unspecified atom stereocenters. The van der Waals surface area contributed by atoms with Crippen molar-refractivity contribution >= 4 is 26.8 Å². The van der Waals surface area contributed by atoms with Crippen LogP contribution in [0, 0.1) is 11.8 Å². The van der Waals surface area contributed by atoms with Crippen LogP contribution in [0.5, 0.6) is 5.75 Å². The van der Waals surface area contributed by atoms with Gasteiger partial charge in [0.1, 0.15) is 11.4 Å². The van der Waals surface area contributed by atoms with E-state index in [9.17, 15) is 13.2 Å². The van der Waals surface area contributed by atoms with Crippen LogP contribution < -0.4 is 15.2 Å². The van der Waals surface area contributed by atoms with Gasteiger partial charge in [-0.3, -0.25) is 14.7 Å². The zero-order valence-electron chi connectivity index (χ0n) is 23.3. The van der Waals surface area contributed by atoms with Crippen molar-refractivity contribution in [2.24, 2.45) is 17.0 Å². The minimum absolute atomic E-state index is 0.0548. The fourth-order valence-electron chi connectivity index (χ4n) is 6.36. The number of hydrogen-bond donors (Lipinski definition) is 2. The van der Waals surface area contributed by atoms with Gasteiger partial charge in [-0.2, -0.15) is 0 Å². The number of pyridine rings is 1. The Morgan fingerprint density at radius 3 is 2.74 bits per heavy atom. The number of rotatable bonds is 9. The lowest BCUT2D eigenvalue weighted by molar-refractivity contribution is -0.000130. The Kier molecular flexibility index (Phi) is 7.52. The number of aromatic nitrogens is 4. The lowest BCUT2D eigenvalue weighted by atomic mass is 9.73. The Morgan fingerprint density at radius 2 is 2.05 bits per heavy atom. The van der Waals surface area contributed by atoms with Crippen LogP contribution in [0.2, 0.25) is 0 Å². The van der Waals surface area contributed by atoms with E-state index in [0.717, 1.165) is 48.1 Å². The summed E-state index contributed by atoms with van der Waals surface area (Å²) in [5, 5.41) is 18.0. The van der Waals surface area contributed by atoms with E-state index in [1.165, 1.54) is 24.3 Å². The second-order valence-corrected chi connectivity index (χ2v) is 12.5. The summed E-state index contributed by atoms with van der Waals surface area (Å²) < 4.78 is 30.5. The Morgan fingerprint density at radius 1 is 1.24 bits per heavy atom. The highest BCUT2D eigenvalue weighted by molar-refractivity contribution is 7.89. The molecule has 3 N–H and O–H groups in total. The minimum Gasteiger partial charge on any atom is -0.497 e. The third-order valence-electron chi connectivity index (χ3n) is 8.54. The third-order valence-corrected chi connectivity index (χ3v) is 9.47. The topological polar surface area (TPSA) is 145 Å². The molecule has 0 radical (unpaired) electrons. The van der Waals surface area contributed by atoms with Gasteiger partial charge in [0.05, 0.1) is 36.3 Å². The molecule has 5 heterocycles. The van der Waals surface area contributed by atoms with E-state index in [4.69, 9.17) is 9.88 Å². The van der Waals surface area contributed by atoms with Crippen LogP contribution >= 0.6 is 0 Å². The van der Waals surface area contributed by atoms with Crippen LogP contribution in [0.25, 0.3) is 10.9 Å². The van der Waals surface area contributed by atoms with Gasteiger partial charge >= 0.3 is 0 Å². The number of sulfonamides is 1. The first-order valence-corrected chi connectivity index (χ1v) is 15.4. The normalized spacial score (nSPS) is 22.5. The molecular weight excluding hydrogens is 554 g/mol. The van der Waals surface area contributed by atoms with Gasteiger partial charge in [0.2, 0.25) is 10.0 Å². The molecule has 0 spiro atoms. The van der Waals surface area contributed by atoms with Crippen LogP contribution in [0.1, 0.15) is 40.5 Å². The predicted octanol–water partition coefficient (Wildman–Crippen LogP) is 2.90. The smallest absolute Gasteiger partial charge is 0.251 e. The monoisotopic (exact) mass is 587 g/mol. The number of primary sulfonamides is 1. The number of ether oxygens (including phenoxy) is 1. The number of carbonyl (C=O) groups is 1. The SMILES string of the molecule is C=CC1CN2CCC1C[C@@H]2[C@@H](c1ccnc2ccc(OC)cc12)n1cc(CNC(=O)c2ccc(S(N)(=O)=O)cc2)nn1. The van der Waals surface area contributed by atoms with E-state index >= 15 is 0 Å². The van der Waals surface area contributed by atoms with E-state index in [-0.39, 0.29) is 29.4 Å². The number of nitrogens with one attached hydrogen (secondary N) is 1. The molecule has 12 heteroatoms. The first kappa shape index (κ1) is 28.0. The molecule has 3 saturated heterocycles. The molecule has 0 saturated carbocycles. The maximum atomic E-state index is 12.8. The van der Waals surface area contributed by atoms with Crippen molar-refractivity contribution in [3.05, 3.63) is 90.4 Å². The van der Waals surface area contributed by atoms with Crippen LogP contribution in [-0.2, 0) is 16.6 Å². The van der Waals surface area contributed by atoms with Gasteiger partial charge in [-0.05, 0) is 85.3 Å². The summed E-state index contributed by atoms with van der Waals surface area (Å²) in [7, 11) is -2.18. The Bertz CT molecular complexity index is 1740. The quantitative estimate of drug-likeness (QED) is 0.284. The first-order valence-electron chi connectivity index (χ1n) is 13.9. The van der Waals surface area contributed by atoms with Crippen molar-refractivity contribution in [2.45, 2.75) is 36.4 Å². The lowest BCUT2D eigenvalue weighted by Gasteiger charge is -2.51. The Hall–Kier alpha value is -4.13. The summed E-state index contributed by atoms with van der Waals surface area (Å²) in [5.41, 5.74) is 2.87. The maximum absolute atomic E-state index is 12.8. The first-order chi connectivity index (χ1) is 20.2. The van der Waals surface area contributed by atoms with Crippen molar-refractivity contribution in [1.82, 2.24) is 30.2 Å². The number of piperidine rings is 3. The van der Waals surface area contributed by atoms with E-state index in [0.29, 0.717) is 23.1 Å². The lowest BCUT2D eigenvalue weighted by Crippen LogP contribution is -2.56. The molecule has 0 aliphatic carbocycles. The second kappa shape index (κ2) is 11.3. The molecule has 11 nitrogen and oxygen atoms in total. The number of benzene rings is 2.